The van der Waals surface area contributed by atoms with Crippen molar-refractivity contribution in [1.82, 2.24) is 9.78 Å². The summed E-state index contributed by atoms with van der Waals surface area (Å²) in [5.74, 6) is -0.720. The lowest BCUT2D eigenvalue weighted by atomic mass is 10.2. The number of carbonyl (C=O) groups is 1. The molecule has 0 amide bonds. The Morgan fingerprint density at radius 1 is 1.00 bits per heavy atom. The van der Waals surface area contributed by atoms with Crippen LogP contribution in [0.4, 0.5) is 0 Å². The highest BCUT2D eigenvalue weighted by molar-refractivity contribution is 5.87. The summed E-state index contributed by atoms with van der Waals surface area (Å²) in [4.78, 5) is 22.9. The number of rotatable bonds is 5. The normalized spacial score (nSPS) is 10.3. The van der Waals surface area contributed by atoms with Crippen molar-refractivity contribution in [2.24, 2.45) is 0 Å². The summed E-state index contributed by atoms with van der Waals surface area (Å²) < 4.78 is 6.78. The van der Waals surface area contributed by atoms with Gasteiger partial charge < -0.3 is 9.84 Å². The van der Waals surface area contributed by atoms with E-state index in [-0.39, 0.29) is 11.1 Å². The van der Waals surface area contributed by atoms with Crippen molar-refractivity contribution < 1.29 is 14.6 Å². The Labute approximate surface area is 137 Å². The van der Waals surface area contributed by atoms with Crippen LogP contribution in [0.1, 0.15) is 15.9 Å². The van der Waals surface area contributed by atoms with Gasteiger partial charge in [-0.15, -0.1) is 5.10 Å². The van der Waals surface area contributed by atoms with Crippen LogP contribution in [0, 0.1) is 0 Å². The van der Waals surface area contributed by atoms with Gasteiger partial charge in [0.2, 0.25) is 5.88 Å². The van der Waals surface area contributed by atoms with Gasteiger partial charge in [-0.1, -0.05) is 30.3 Å². The van der Waals surface area contributed by atoms with Gasteiger partial charge in [0.05, 0.1) is 11.3 Å². The summed E-state index contributed by atoms with van der Waals surface area (Å²) in [7, 11) is 0. The molecule has 1 N–H and O–H groups in total. The largest absolute Gasteiger partial charge is 0.478 e. The lowest BCUT2D eigenvalue weighted by molar-refractivity contribution is 0.0697. The van der Waals surface area contributed by atoms with Gasteiger partial charge >= 0.3 is 5.97 Å². The highest BCUT2D eigenvalue weighted by atomic mass is 16.5. The number of aromatic carboxylic acids is 1. The summed E-state index contributed by atoms with van der Waals surface area (Å²) in [5.41, 5.74) is 1.27. The Bertz CT molecular complexity index is 902. The first-order valence-electron chi connectivity index (χ1n) is 7.24. The van der Waals surface area contributed by atoms with Crippen molar-refractivity contribution in [1.29, 1.82) is 0 Å². The maximum atomic E-state index is 12.0. The van der Waals surface area contributed by atoms with Crippen molar-refractivity contribution in [2.75, 3.05) is 0 Å². The fraction of sp³-hybridized carbons (Fsp3) is 0.0556. The summed E-state index contributed by atoms with van der Waals surface area (Å²) in [6, 6.07) is 18.4. The third-order valence-corrected chi connectivity index (χ3v) is 3.36. The van der Waals surface area contributed by atoms with E-state index >= 15 is 0 Å². The molecular formula is C18H14N2O4. The molecule has 3 aromatic rings. The standard InChI is InChI=1S/C18H14N2O4/c21-17-11-10-16(24-12-13-4-2-1-3-5-13)19-20(17)15-8-6-14(7-9-15)18(22)23/h1-11H,12H2,(H,22,23). The van der Waals surface area contributed by atoms with Crippen molar-refractivity contribution in [3.05, 3.63) is 88.2 Å². The molecule has 0 aliphatic rings. The molecule has 0 unspecified atom stereocenters. The summed E-state index contributed by atoms with van der Waals surface area (Å²) >= 11 is 0. The number of hydrogen-bond acceptors (Lipinski definition) is 4. The Balaban J connectivity index is 1.83. The summed E-state index contributed by atoms with van der Waals surface area (Å²) in [5, 5.41) is 13.1. The predicted octanol–water partition coefficient (Wildman–Crippen LogP) is 2.51. The molecule has 0 atom stereocenters. The summed E-state index contributed by atoms with van der Waals surface area (Å²) in [6.45, 7) is 0.337. The number of ether oxygens (including phenoxy) is 1. The maximum absolute atomic E-state index is 12.0. The SMILES string of the molecule is O=C(O)c1ccc(-n2nc(OCc3ccccc3)ccc2=O)cc1. The fourth-order valence-electron chi connectivity index (χ4n) is 2.13. The van der Waals surface area contributed by atoms with Gasteiger partial charge in [0, 0.05) is 12.1 Å². The lowest BCUT2D eigenvalue weighted by Gasteiger charge is -2.09. The quantitative estimate of drug-likeness (QED) is 0.780. The van der Waals surface area contributed by atoms with Crippen LogP contribution in [0.3, 0.4) is 0 Å². The van der Waals surface area contributed by atoms with E-state index in [1.54, 1.807) is 0 Å². The van der Waals surface area contributed by atoms with Crippen LogP contribution in [0.2, 0.25) is 0 Å². The number of carboxylic acids is 1. The maximum Gasteiger partial charge on any atom is 0.335 e. The highest BCUT2D eigenvalue weighted by Gasteiger charge is 2.07. The van der Waals surface area contributed by atoms with Gasteiger partial charge in [-0.25, -0.2) is 4.79 Å². The van der Waals surface area contributed by atoms with Crippen molar-refractivity contribution in [3.63, 3.8) is 0 Å². The molecular weight excluding hydrogens is 308 g/mol. The van der Waals surface area contributed by atoms with Gasteiger partial charge in [0.15, 0.2) is 0 Å². The van der Waals surface area contributed by atoms with Crippen LogP contribution in [-0.2, 0) is 6.61 Å². The molecule has 0 saturated heterocycles. The van der Waals surface area contributed by atoms with E-state index in [4.69, 9.17) is 9.84 Å². The first-order chi connectivity index (χ1) is 11.6. The van der Waals surface area contributed by atoms with Gasteiger partial charge in [-0.2, -0.15) is 4.68 Å². The minimum Gasteiger partial charge on any atom is -0.478 e. The van der Waals surface area contributed by atoms with E-state index < -0.39 is 5.97 Å². The van der Waals surface area contributed by atoms with E-state index in [9.17, 15) is 9.59 Å². The average Bonchev–Trinajstić information content (AvgIpc) is 2.62. The second-order valence-corrected chi connectivity index (χ2v) is 5.05. The Kier molecular flexibility index (Phi) is 4.38. The molecule has 1 aromatic heterocycles. The summed E-state index contributed by atoms with van der Waals surface area (Å²) in [6.07, 6.45) is 0. The first kappa shape index (κ1) is 15.5. The molecule has 0 radical (unpaired) electrons. The molecule has 0 fully saturated rings. The Hall–Kier alpha value is -3.41. The predicted molar refractivity (Wildman–Crippen MR) is 87.6 cm³/mol. The molecule has 2 aromatic carbocycles. The number of benzene rings is 2. The zero-order valence-corrected chi connectivity index (χ0v) is 12.6. The molecule has 3 rings (SSSR count). The lowest BCUT2D eigenvalue weighted by Crippen LogP contribution is -2.20. The van der Waals surface area contributed by atoms with Crippen LogP contribution >= 0.6 is 0 Å². The molecule has 0 aliphatic carbocycles. The minimum atomic E-state index is -1.03. The molecule has 0 saturated carbocycles. The zero-order valence-electron chi connectivity index (χ0n) is 12.6. The third kappa shape index (κ3) is 3.49. The number of hydrogen-bond donors (Lipinski definition) is 1. The smallest absolute Gasteiger partial charge is 0.335 e. The van der Waals surface area contributed by atoms with Crippen molar-refractivity contribution in [3.8, 4) is 11.6 Å². The molecule has 0 aliphatic heterocycles. The van der Waals surface area contributed by atoms with E-state index in [1.165, 1.54) is 41.1 Å². The van der Waals surface area contributed by atoms with E-state index in [1.807, 2.05) is 30.3 Å². The van der Waals surface area contributed by atoms with Crippen LogP contribution in [0.5, 0.6) is 5.88 Å². The average molecular weight is 322 g/mol. The van der Waals surface area contributed by atoms with Crippen LogP contribution < -0.4 is 10.3 Å². The third-order valence-electron chi connectivity index (χ3n) is 3.36. The van der Waals surface area contributed by atoms with Gasteiger partial charge in [0.25, 0.3) is 5.56 Å². The van der Waals surface area contributed by atoms with E-state index in [0.29, 0.717) is 18.2 Å². The van der Waals surface area contributed by atoms with E-state index in [0.717, 1.165) is 5.56 Å². The second kappa shape index (κ2) is 6.78. The minimum absolute atomic E-state index is 0.142. The highest BCUT2D eigenvalue weighted by Crippen LogP contribution is 2.11. The number of aromatic nitrogens is 2. The molecule has 6 heteroatoms. The van der Waals surface area contributed by atoms with Crippen molar-refractivity contribution >= 4 is 5.97 Å². The van der Waals surface area contributed by atoms with Crippen LogP contribution in [0.25, 0.3) is 5.69 Å². The van der Waals surface area contributed by atoms with Crippen molar-refractivity contribution in [2.45, 2.75) is 6.61 Å². The van der Waals surface area contributed by atoms with Gasteiger partial charge in [0.1, 0.15) is 6.61 Å². The molecule has 24 heavy (non-hydrogen) atoms. The van der Waals surface area contributed by atoms with Gasteiger partial charge in [-0.3, -0.25) is 4.79 Å². The molecule has 0 spiro atoms. The van der Waals surface area contributed by atoms with Crippen LogP contribution in [0.15, 0.2) is 71.5 Å². The Morgan fingerprint density at radius 2 is 1.71 bits per heavy atom. The van der Waals surface area contributed by atoms with E-state index in [2.05, 4.69) is 5.10 Å². The monoisotopic (exact) mass is 322 g/mol. The Morgan fingerprint density at radius 3 is 2.38 bits per heavy atom. The number of nitrogens with zero attached hydrogens (tertiary/aromatic N) is 2. The zero-order chi connectivity index (χ0) is 16.9. The molecule has 6 nitrogen and oxygen atoms in total. The molecule has 0 bridgehead atoms. The molecule has 1 heterocycles. The fourth-order valence-corrected chi connectivity index (χ4v) is 2.13. The first-order valence-corrected chi connectivity index (χ1v) is 7.24. The molecule has 120 valence electrons. The van der Waals surface area contributed by atoms with Gasteiger partial charge in [-0.05, 0) is 29.8 Å². The topological polar surface area (TPSA) is 81.4 Å². The number of carboxylic acid groups (broad SMARTS) is 1. The van der Waals surface area contributed by atoms with Crippen LogP contribution in [-0.4, -0.2) is 20.9 Å². The second-order valence-electron chi connectivity index (χ2n) is 5.05.